The topological polar surface area (TPSA) is 53.3 Å². The summed E-state index contributed by atoms with van der Waals surface area (Å²) in [6, 6.07) is 7.32. The maximum atomic E-state index is 12.2. The molecule has 4 nitrogen and oxygen atoms in total. The molecule has 0 saturated heterocycles. The second kappa shape index (κ2) is 6.06. The van der Waals surface area contributed by atoms with Crippen LogP contribution in [-0.2, 0) is 0 Å². The Hall–Kier alpha value is -2.02. The number of hydrogen-bond acceptors (Lipinski definition) is 3. The van der Waals surface area contributed by atoms with Crippen LogP contribution in [-0.4, -0.2) is 31.0 Å². The highest BCUT2D eigenvalue weighted by Crippen LogP contribution is 2.20. The number of amides is 1. The van der Waals surface area contributed by atoms with Gasteiger partial charge in [-0.25, -0.2) is 0 Å². The van der Waals surface area contributed by atoms with Gasteiger partial charge in [0.1, 0.15) is 5.75 Å². The molecule has 18 heavy (non-hydrogen) atoms. The molecular formula is C14H18N2O2. The van der Waals surface area contributed by atoms with Crippen LogP contribution in [0.3, 0.4) is 0 Å². The van der Waals surface area contributed by atoms with Crippen molar-refractivity contribution in [3.63, 3.8) is 0 Å². The molecular weight excluding hydrogens is 228 g/mol. The van der Waals surface area contributed by atoms with Crippen LogP contribution in [0.4, 0.5) is 0 Å². The van der Waals surface area contributed by atoms with Gasteiger partial charge in [0.05, 0.1) is 19.6 Å². The zero-order valence-electron chi connectivity index (χ0n) is 11.2. The fourth-order valence-corrected chi connectivity index (χ4v) is 1.63. The molecule has 1 atom stereocenters. The van der Waals surface area contributed by atoms with Crippen LogP contribution in [0.1, 0.15) is 29.3 Å². The molecule has 0 fully saturated rings. The Kier molecular flexibility index (Phi) is 4.73. The van der Waals surface area contributed by atoms with Crippen molar-refractivity contribution in [3.05, 3.63) is 29.3 Å². The predicted octanol–water partition coefficient (Wildman–Crippen LogP) is 2.38. The lowest BCUT2D eigenvalue weighted by atomic mass is 10.1. The Morgan fingerprint density at radius 2 is 2.22 bits per heavy atom. The number of carbonyl (C=O) groups is 1. The number of rotatable bonds is 4. The third kappa shape index (κ3) is 3.01. The third-order valence-electron chi connectivity index (χ3n) is 3.02. The molecule has 0 saturated carbocycles. The van der Waals surface area contributed by atoms with Gasteiger partial charge in [0.25, 0.3) is 5.91 Å². The summed E-state index contributed by atoms with van der Waals surface area (Å²) in [4.78, 5) is 13.8. The van der Waals surface area contributed by atoms with Crippen molar-refractivity contribution in [2.75, 3.05) is 14.2 Å². The Morgan fingerprint density at radius 3 is 2.78 bits per heavy atom. The summed E-state index contributed by atoms with van der Waals surface area (Å²) in [5, 5.41) is 8.65. The maximum absolute atomic E-state index is 12.2. The first kappa shape index (κ1) is 14.0. The normalized spacial score (nSPS) is 11.5. The van der Waals surface area contributed by atoms with E-state index >= 15 is 0 Å². The molecule has 0 aromatic heterocycles. The lowest BCUT2D eigenvalue weighted by molar-refractivity contribution is 0.0746. The predicted molar refractivity (Wildman–Crippen MR) is 69.5 cm³/mol. The molecule has 0 spiro atoms. The van der Waals surface area contributed by atoms with Crippen LogP contribution < -0.4 is 4.74 Å². The number of hydrogen-bond donors (Lipinski definition) is 0. The molecule has 1 aromatic rings. The summed E-state index contributed by atoms with van der Waals surface area (Å²) in [5.74, 6) is 0.596. The summed E-state index contributed by atoms with van der Waals surface area (Å²) in [5.41, 5.74) is 1.56. The number of benzene rings is 1. The monoisotopic (exact) mass is 246 g/mol. The fourth-order valence-electron chi connectivity index (χ4n) is 1.63. The van der Waals surface area contributed by atoms with Crippen molar-refractivity contribution in [2.45, 2.75) is 26.3 Å². The van der Waals surface area contributed by atoms with Gasteiger partial charge in [-0.1, -0.05) is 6.07 Å². The van der Waals surface area contributed by atoms with E-state index in [2.05, 4.69) is 6.07 Å². The van der Waals surface area contributed by atoms with Gasteiger partial charge in [0, 0.05) is 18.7 Å². The fraction of sp³-hybridized carbons (Fsp3) is 0.429. The van der Waals surface area contributed by atoms with E-state index in [1.807, 2.05) is 19.9 Å². The van der Waals surface area contributed by atoms with E-state index in [-0.39, 0.29) is 11.9 Å². The van der Waals surface area contributed by atoms with Crippen molar-refractivity contribution in [2.24, 2.45) is 0 Å². The molecule has 0 bridgehead atoms. The summed E-state index contributed by atoms with van der Waals surface area (Å²) >= 11 is 0. The number of aryl methyl sites for hydroxylation is 1. The smallest absolute Gasteiger partial charge is 0.254 e. The van der Waals surface area contributed by atoms with E-state index in [4.69, 9.17) is 10.00 Å². The molecule has 0 N–H and O–H groups in total. The number of methoxy groups -OCH3 is 1. The molecule has 1 amide bonds. The summed E-state index contributed by atoms with van der Waals surface area (Å²) < 4.78 is 5.20. The zero-order chi connectivity index (χ0) is 13.7. The van der Waals surface area contributed by atoms with E-state index in [1.165, 1.54) is 0 Å². The van der Waals surface area contributed by atoms with Crippen molar-refractivity contribution >= 4 is 5.91 Å². The largest absolute Gasteiger partial charge is 0.496 e. The summed E-state index contributed by atoms with van der Waals surface area (Å²) in [6.45, 7) is 3.78. The molecule has 0 aliphatic rings. The molecule has 96 valence electrons. The second-order valence-electron chi connectivity index (χ2n) is 4.31. The highest BCUT2D eigenvalue weighted by molar-refractivity contribution is 5.94. The molecule has 1 aromatic carbocycles. The quantitative estimate of drug-likeness (QED) is 0.819. The Labute approximate surface area is 108 Å². The maximum Gasteiger partial charge on any atom is 0.254 e. The second-order valence-corrected chi connectivity index (χ2v) is 4.31. The number of nitriles is 1. The lowest BCUT2D eigenvalue weighted by Gasteiger charge is -2.23. The van der Waals surface area contributed by atoms with Crippen molar-refractivity contribution < 1.29 is 9.53 Å². The van der Waals surface area contributed by atoms with Crippen molar-refractivity contribution in [1.29, 1.82) is 5.26 Å². The lowest BCUT2D eigenvalue weighted by Crippen LogP contribution is -2.34. The van der Waals surface area contributed by atoms with Gasteiger partial charge in [-0.05, 0) is 31.5 Å². The third-order valence-corrected chi connectivity index (χ3v) is 3.02. The molecule has 0 aliphatic carbocycles. The van der Waals surface area contributed by atoms with Gasteiger partial charge in [-0.3, -0.25) is 4.79 Å². The van der Waals surface area contributed by atoms with Crippen molar-refractivity contribution in [1.82, 2.24) is 4.90 Å². The Balaban J connectivity index is 2.94. The average Bonchev–Trinajstić information content (AvgIpc) is 2.38. The van der Waals surface area contributed by atoms with Crippen LogP contribution in [0.15, 0.2) is 18.2 Å². The van der Waals surface area contributed by atoms with Gasteiger partial charge in [-0.15, -0.1) is 0 Å². The summed E-state index contributed by atoms with van der Waals surface area (Å²) in [6.07, 6.45) is 0.325. The van der Waals surface area contributed by atoms with Gasteiger partial charge >= 0.3 is 0 Å². The highest BCUT2D eigenvalue weighted by Gasteiger charge is 2.18. The SMILES string of the molecule is COc1cc(C(=O)N(C)[C@H](C)CC#N)ccc1C. The van der Waals surface area contributed by atoms with Gasteiger partial charge in [0.2, 0.25) is 0 Å². The minimum Gasteiger partial charge on any atom is -0.496 e. The van der Waals surface area contributed by atoms with Gasteiger partial charge in [-0.2, -0.15) is 5.26 Å². The van der Waals surface area contributed by atoms with Crippen LogP contribution in [0, 0.1) is 18.3 Å². The first-order valence-corrected chi connectivity index (χ1v) is 5.80. The molecule has 0 heterocycles. The van der Waals surface area contributed by atoms with Crippen molar-refractivity contribution in [3.8, 4) is 11.8 Å². The van der Waals surface area contributed by atoms with Crippen LogP contribution in [0.2, 0.25) is 0 Å². The first-order chi connectivity index (χ1) is 8.51. The van der Waals surface area contributed by atoms with E-state index < -0.39 is 0 Å². The molecule has 0 radical (unpaired) electrons. The number of ether oxygens (including phenoxy) is 1. The van der Waals surface area contributed by atoms with E-state index in [0.29, 0.717) is 17.7 Å². The number of nitrogens with zero attached hydrogens (tertiary/aromatic N) is 2. The van der Waals surface area contributed by atoms with E-state index in [0.717, 1.165) is 5.56 Å². The minimum absolute atomic E-state index is 0.101. The first-order valence-electron chi connectivity index (χ1n) is 5.80. The standard InChI is InChI=1S/C14H18N2O2/c1-10-5-6-12(9-13(10)18-4)14(17)16(3)11(2)7-8-15/h5-6,9,11H,7H2,1-4H3/t11-/m1/s1. The average molecular weight is 246 g/mol. The molecule has 1 rings (SSSR count). The molecule has 0 unspecified atom stereocenters. The van der Waals surface area contributed by atoms with Gasteiger partial charge < -0.3 is 9.64 Å². The van der Waals surface area contributed by atoms with E-state index in [9.17, 15) is 4.79 Å². The Bertz CT molecular complexity index is 477. The molecule has 4 heteroatoms. The van der Waals surface area contributed by atoms with Crippen LogP contribution in [0.25, 0.3) is 0 Å². The van der Waals surface area contributed by atoms with Crippen LogP contribution in [0.5, 0.6) is 5.75 Å². The summed E-state index contributed by atoms with van der Waals surface area (Å²) in [7, 11) is 3.29. The zero-order valence-corrected chi connectivity index (χ0v) is 11.2. The Morgan fingerprint density at radius 1 is 1.56 bits per heavy atom. The van der Waals surface area contributed by atoms with Crippen LogP contribution >= 0.6 is 0 Å². The molecule has 0 aliphatic heterocycles. The highest BCUT2D eigenvalue weighted by atomic mass is 16.5. The minimum atomic E-state index is -0.102. The van der Waals surface area contributed by atoms with Gasteiger partial charge in [0.15, 0.2) is 0 Å². The van der Waals surface area contributed by atoms with E-state index in [1.54, 1.807) is 31.2 Å². The number of carbonyl (C=O) groups excluding carboxylic acids is 1.